The number of nitrogens with zero attached hydrogens (tertiary/aromatic N) is 3. The van der Waals surface area contributed by atoms with Crippen LogP contribution in [0.15, 0.2) is 17.8 Å². The molecule has 0 aromatic carbocycles. The van der Waals surface area contributed by atoms with Crippen molar-refractivity contribution in [3.05, 3.63) is 12.7 Å². The number of amides is 4. The molecule has 3 N–H and O–H groups in total. The number of piperidine rings is 1. The molecular weight excluding hydrogens is 306 g/mol. The SMILES string of the molecule is C=CCON1C(=O)N2C[C@H]1/C(=N\OCC(=O)NC)C[C@H]2C(N)=O. The van der Waals surface area contributed by atoms with Crippen LogP contribution in [-0.2, 0) is 19.3 Å². The summed E-state index contributed by atoms with van der Waals surface area (Å²) in [4.78, 5) is 46.7. The number of fused-ring (bicyclic) bond motifs is 2. The molecule has 2 aliphatic rings. The lowest BCUT2D eigenvalue weighted by Gasteiger charge is -2.28. The Balaban J connectivity index is 2.18. The van der Waals surface area contributed by atoms with E-state index < -0.39 is 24.0 Å². The van der Waals surface area contributed by atoms with E-state index >= 15 is 0 Å². The van der Waals surface area contributed by atoms with Crippen LogP contribution in [-0.4, -0.2) is 72.4 Å². The third kappa shape index (κ3) is 3.42. The zero-order chi connectivity index (χ0) is 17.0. The van der Waals surface area contributed by atoms with Crippen LogP contribution in [0.25, 0.3) is 0 Å². The van der Waals surface area contributed by atoms with Gasteiger partial charge in [-0.3, -0.25) is 14.4 Å². The number of nitrogens with one attached hydrogen (secondary N) is 1. The Morgan fingerprint density at radius 1 is 1.57 bits per heavy atom. The highest BCUT2D eigenvalue weighted by atomic mass is 16.7. The van der Waals surface area contributed by atoms with Crippen molar-refractivity contribution in [2.45, 2.75) is 18.5 Å². The average molecular weight is 325 g/mol. The molecule has 2 atom stereocenters. The third-order valence-electron chi connectivity index (χ3n) is 3.57. The molecular formula is C13H19N5O5. The summed E-state index contributed by atoms with van der Waals surface area (Å²) in [5.41, 5.74) is 5.77. The molecule has 0 spiro atoms. The van der Waals surface area contributed by atoms with E-state index in [1.54, 1.807) is 0 Å². The Morgan fingerprint density at radius 2 is 2.30 bits per heavy atom. The second-order valence-electron chi connectivity index (χ2n) is 5.01. The molecule has 4 amide bonds. The molecule has 2 fully saturated rings. The maximum atomic E-state index is 12.3. The number of nitrogens with two attached hydrogens (primary N) is 1. The first-order valence-electron chi connectivity index (χ1n) is 7.01. The quantitative estimate of drug-likeness (QED) is 0.439. The summed E-state index contributed by atoms with van der Waals surface area (Å²) in [7, 11) is 1.47. The van der Waals surface area contributed by atoms with Gasteiger partial charge in [0.15, 0.2) is 6.61 Å². The van der Waals surface area contributed by atoms with Crippen LogP contribution < -0.4 is 11.1 Å². The molecule has 0 aromatic rings. The third-order valence-corrected chi connectivity index (χ3v) is 3.57. The number of hydrogen-bond donors (Lipinski definition) is 2. The Kier molecular flexibility index (Phi) is 5.16. The molecule has 2 saturated heterocycles. The van der Waals surface area contributed by atoms with Crippen molar-refractivity contribution >= 4 is 23.6 Å². The minimum absolute atomic E-state index is 0.129. The monoisotopic (exact) mass is 325 g/mol. The van der Waals surface area contributed by atoms with Gasteiger partial charge in [-0.15, -0.1) is 6.58 Å². The molecule has 2 heterocycles. The molecule has 0 unspecified atom stereocenters. The summed E-state index contributed by atoms with van der Waals surface area (Å²) in [6.07, 6.45) is 1.63. The molecule has 10 heteroatoms. The Hall–Kier alpha value is -2.62. The molecule has 2 aliphatic heterocycles. The van der Waals surface area contributed by atoms with E-state index in [0.29, 0.717) is 5.71 Å². The molecule has 0 radical (unpaired) electrons. The van der Waals surface area contributed by atoms with Gasteiger partial charge in [-0.2, -0.15) is 5.06 Å². The van der Waals surface area contributed by atoms with Crippen molar-refractivity contribution in [1.82, 2.24) is 15.3 Å². The van der Waals surface area contributed by atoms with Crippen molar-refractivity contribution in [3.8, 4) is 0 Å². The number of hydrogen-bond acceptors (Lipinski definition) is 6. The van der Waals surface area contributed by atoms with Gasteiger partial charge in [0.2, 0.25) is 5.91 Å². The highest BCUT2D eigenvalue weighted by molar-refractivity contribution is 6.02. The van der Waals surface area contributed by atoms with Crippen molar-refractivity contribution < 1.29 is 24.1 Å². The van der Waals surface area contributed by atoms with Gasteiger partial charge in [0.25, 0.3) is 5.91 Å². The summed E-state index contributed by atoms with van der Waals surface area (Å²) in [5.74, 6) is -0.984. The number of oxime groups is 1. The lowest BCUT2D eigenvalue weighted by atomic mass is 9.98. The average Bonchev–Trinajstić information content (AvgIpc) is 2.80. The first-order valence-corrected chi connectivity index (χ1v) is 7.01. The zero-order valence-electron chi connectivity index (χ0n) is 12.7. The molecule has 126 valence electrons. The Bertz CT molecular complexity index is 549. The van der Waals surface area contributed by atoms with Crippen molar-refractivity contribution in [3.63, 3.8) is 0 Å². The van der Waals surface area contributed by atoms with Gasteiger partial charge >= 0.3 is 6.03 Å². The van der Waals surface area contributed by atoms with Gasteiger partial charge < -0.3 is 20.8 Å². The maximum absolute atomic E-state index is 12.3. The number of likely N-dealkylation sites (N-methyl/N-ethyl adjacent to an activating group) is 1. The van der Waals surface area contributed by atoms with Crippen molar-refractivity contribution in [1.29, 1.82) is 0 Å². The lowest BCUT2D eigenvalue weighted by molar-refractivity contribution is -0.125. The fourth-order valence-corrected chi connectivity index (χ4v) is 2.42. The van der Waals surface area contributed by atoms with Crippen LogP contribution in [0.4, 0.5) is 4.79 Å². The molecule has 10 nitrogen and oxygen atoms in total. The van der Waals surface area contributed by atoms with Crippen LogP contribution >= 0.6 is 0 Å². The molecule has 0 aliphatic carbocycles. The fourth-order valence-electron chi connectivity index (χ4n) is 2.42. The maximum Gasteiger partial charge on any atom is 0.345 e. The summed E-state index contributed by atoms with van der Waals surface area (Å²) < 4.78 is 0. The summed E-state index contributed by atoms with van der Waals surface area (Å²) >= 11 is 0. The van der Waals surface area contributed by atoms with E-state index in [9.17, 15) is 14.4 Å². The summed E-state index contributed by atoms with van der Waals surface area (Å²) in [6.45, 7) is 3.60. The summed E-state index contributed by atoms with van der Waals surface area (Å²) in [6, 6.07) is -1.78. The topological polar surface area (TPSA) is 127 Å². The number of hydroxylamine groups is 2. The minimum Gasteiger partial charge on any atom is -0.386 e. The number of carbonyl (C=O) groups is 3. The van der Waals surface area contributed by atoms with E-state index in [1.807, 2.05) is 0 Å². The highest BCUT2D eigenvalue weighted by Crippen LogP contribution is 2.28. The largest absolute Gasteiger partial charge is 0.386 e. The van der Waals surface area contributed by atoms with Crippen LogP contribution in [0, 0.1) is 0 Å². The second kappa shape index (κ2) is 7.09. The van der Waals surface area contributed by atoms with Crippen LogP contribution in [0.5, 0.6) is 0 Å². The Labute approximate surface area is 132 Å². The second-order valence-corrected chi connectivity index (χ2v) is 5.01. The molecule has 23 heavy (non-hydrogen) atoms. The standard InChI is InChI=1S/C13H19N5O5/c1-3-4-23-18-10-6-17(13(18)21)9(12(14)20)5-8(10)16-22-7-11(19)15-2/h3,9-10H,1,4-7H2,2H3,(H2,14,20)(H,15,19)/b16-8-/t9-,10-/m0/s1. The van der Waals surface area contributed by atoms with Crippen molar-refractivity contribution in [2.75, 3.05) is 26.8 Å². The molecule has 0 saturated carbocycles. The van der Waals surface area contributed by atoms with Gasteiger partial charge in [-0.1, -0.05) is 11.2 Å². The zero-order valence-corrected chi connectivity index (χ0v) is 12.7. The lowest BCUT2D eigenvalue weighted by Crippen LogP contribution is -2.51. The number of rotatable bonds is 7. The smallest absolute Gasteiger partial charge is 0.345 e. The van der Waals surface area contributed by atoms with E-state index in [4.69, 9.17) is 15.4 Å². The van der Waals surface area contributed by atoms with Gasteiger partial charge in [-0.05, 0) is 0 Å². The van der Waals surface area contributed by atoms with Crippen LogP contribution in [0.2, 0.25) is 0 Å². The minimum atomic E-state index is -0.821. The fraction of sp³-hybridized carbons (Fsp3) is 0.538. The van der Waals surface area contributed by atoms with Gasteiger partial charge in [0, 0.05) is 13.5 Å². The molecule has 2 bridgehead atoms. The predicted octanol–water partition coefficient (Wildman–Crippen LogP) is -1.41. The van der Waals surface area contributed by atoms with Crippen LogP contribution in [0.3, 0.4) is 0 Å². The first-order chi connectivity index (χ1) is 11.0. The van der Waals surface area contributed by atoms with E-state index in [0.717, 1.165) is 5.06 Å². The first kappa shape index (κ1) is 16.7. The van der Waals surface area contributed by atoms with Gasteiger partial charge in [-0.25, -0.2) is 4.79 Å². The van der Waals surface area contributed by atoms with Crippen molar-refractivity contribution in [2.24, 2.45) is 10.9 Å². The van der Waals surface area contributed by atoms with E-state index in [-0.39, 0.29) is 32.1 Å². The highest BCUT2D eigenvalue weighted by Gasteiger charge is 2.51. The molecule has 0 aromatic heterocycles. The molecule has 2 rings (SSSR count). The van der Waals surface area contributed by atoms with E-state index in [2.05, 4.69) is 17.1 Å². The Morgan fingerprint density at radius 3 is 2.91 bits per heavy atom. The van der Waals surface area contributed by atoms with Gasteiger partial charge in [0.1, 0.15) is 12.1 Å². The van der Waals surface area contributed by atoms with Crippen LogP contribution in [0.1, 0.15) is 6.42 Å². The van der Waals surface area contributed by atoms with E-state index in [1.165, 1.54) is 18.0 Å². The van der Waals surface area contributed by atoms with Gasteiger partial charge in [0.05, 0.1) is 18.9 Å². The predicted molar refractivity (Wildman–Crippen MR) is 78.9 cm³/mol. The number of urea groups is 1. The summed E-state index contributed by atoms with van der Waals surface area (Å²) in [5, 5.41) is 7.42. The normalized spacial score (nSPS) is 24.7. The number of carbonyl (C=O) groups excluding carboxylic acids is 3. The number of primary amides is 1.